The number of nitrogens with one attached hydrogen (secondary N) is 1. The maximum absolute atomic E-state index is 11.2. The van der Waals surface area contributed by atoms with Gasteiger partial charge in [-0.15, -0.1) is 0 Å². The van der Waals surface area contributed by atoms with E-state index in [0.29, 0.717) is 17.6 Å². The Labute approximate surface area is 87.4 Å². The summed E-state index contributed by atoms with van der Waals surface area (Å²) in [6, 6.07) is 0. The first-order valence-electron chi connectivity index (χ1n) is 4.52. The van der Waals surface area contributed by atoms with Crippen LogP contribution in [0.1, 0.15) is 31.3 Å². The zero-order valence-corrected chi connectivity index (χ0v) is 9.35. The summed E-state index contributed by atoms with van der Waals surface area (Å²) in [4.78, 5) is 18.2. The molecule has 0 spiro atoms. The topological polar surface area (TPSA) is 55.0 Å². The summed E-state index contributed by atoms with van der Waals surface area (Å²) in [5, 5.41) is 1.19. The van der Waals surface area contributed by atoms with Gasteiger partial charge in [-0.2, -0.15) is 0 Å². The van der Waals surface area contributed by atoms with E-state index < -0.39 is 0 Å². The predicted molar refractivity (Wildman–Crippen MR) is 55.5 cm³/mol. The summed E-state index contributed by atoms with van der Waals surface area (Å²) in [5.41, 5.74) is 0.412. The number of carbonyl (C=O) groups excluding carboxylic acids is 1. The molecular formula is C9H14N2O2S. The third-order valence-electron chi connectivity index (χ3n) is 1.40. The van der Waals surface area contributed by atoms with Gasteiger partial charge in [-0.25, -0.2) is 9.78 Å². The van der Waals surface area contributed by atoms with Gasteiger partial charge in [0, 0.05) is 5.25 Å². The second-order valence-electron chi connectivity index (χ2n) is 2.99. The van der Waals surface area contributed by atoms with Crippen LogP contribution in [0.4, 0.5) is 0 Å². The summed E-state index contributed by atoms with van der Waals surface area (Å²) in [6.07, 6.45) is 1.50. The number of carbonyl (C=O) groups is 1. The van der Waals surface area contributed by atoms with Gasteiger partial charge in [0.05, 0.1) is 12.8 Å². The van der Waals surface area contributed by atoms with E-state index in [4.69, 9.17) is 4.74 Å². The first-order chi connectivity index (χ1) is 6.63. The van der Waals surface area contributed by atoms with Gasteiger partial charge in [0.15, 0.2) is 5.16 Å². The number of ether oxygens (including phenoxy) is 1. The van der Waals surface area contributed by atoms with Gasteiger partial charge < -0.3 is 9.72 Å². The SMILES string of the molecule is CCOC(=O)c1cnc(SC(C)C)[nH]1. The van der Waals surface area contributed by atoms with Gasteiger partial charge >= 0.3 is 5.97 Å². The molecule has 0 aliphatic carbocycles. The molecule has 1 heterocycles. The maximum atomic E-state index is 11.2. The lowest BCUT2D eigenvalue weighted by atomic mass is 10.5. The molecule has 1 N–H and O–H groups in total. The van der Waals surface area contributed by atoms with Crippen LogP contribution >= 0.6 is 11.8 Å². The number of thioether (sulfide) groups is 1. The summed E-state index contributed by atoms with van der Waals surface area (Å²) >= 11 is 1.58. The van der Waals surface area contributed by atoms with Crippen LogP contribution in [0.2, 0.25) is 0 Å². The molecule has 0 atom stereocenters. The van der Waals surface area contributed by atoms with Crippen LogP contribution in [-0.4, -0.2) is 27.8 Å². The van der Waals surface area contributed by atoms with E-state index in [1.165, 1.54) is 6.20 Å². The van der Waals surface area contributed by atoms with Crippen LogP contribution in [0.3, 0.4) is 0 Å². The van der Waals surface area contributed by atoms with Crippen LogP contribution in [0, 0.1) is 0 Å². The molecule has 0 unspecified atom stereocenters. The number of hydrogen-bond acceptors (Lipinski definition) is 4. The molecule has 0 bridgehead atoms. The number of H-pyrrole nitrogens is 1. The van der Waals surface area contributed by atoms with Gasteiger partial charge in [0.25, 0.3) is 0 Å². The fourth-order valence-corrected chi connectivity index (χ4v) is 1.63. The van der Waals surface area contributed by atoms with E-state index in [1.807, 2.05) is 0 Å². The Balaban J connectivity index is 2.63. The number of aromatic amines is 1. The van der Waals surface area contributed by atoms with Gasteiger partial charge in [-0.1, -0.05) is 25.6 Å². The van der Waals surface area contributed by atoms with Gasteiger partial charge in [0.1, 0.15) is 5.69 Å². The maximum Gasteiger partial charge on any atom is 0.356 e. The quantitative estimate of drug-likeness (QED) is 0.616. The van der Waals surface area contributed by atoms with Crippen molar-refractivity contribution in [3.8, 4) is 0 Å². The lowest BCUT2D eigenvalue weighted by molar-refractivity contribution is 0.0519. The normalized spacial score (nSPS) is 10.6. The van der Waals surface area contributed by atoms with Crippen LogP contribution in [0.15, 0.2) is 11.4 Å². The fourth-order valence-electron chi connectivity index (χ4n) is 0.899. The molecular weight excluding hydrogens is 200 g/mol. The van der Waals surface area contributed by atoms with Crippen molar-refractivity contribution in [2.75, 3.05) is 6.61 Å². The third-order valence-corrected chi connectivity index (χ3v) is 2.30. The molecule has 78 valence electrons. The van der Waals surface area contributed by atoms with E-state index in [9.17, 15) is 4.79 Å². The van der Waals surface area contributed by atoms with Crippen LogP contribution in [-0.2, 0) is 4.74 Å². The molecule has 0 saturated carbocycles. The van der Waals surface area contributed by atoms with Crippen LogP contribution < -0.4 is 0 Å². The van der Waals surface area contributed by atoms with Crippen molar-refractivity contribution in [1.29, 1.82) is 0 Å². The molecule has 4 nitrogen and oxygen atoms in total. The van der Waals surface area contributed by atoms with E-state index in [0.717, 1.165) is 5.16 Å². The number of aromatic nitrogens is 2. The first-order valence-corrected chi connectivity index (χ1v) is 5.40. The van der Waals surface area contributed by atoms with Gasteiger partial charge in [-0.3, -0.25) is 0 Å². The summed E-state index contributed by atoms with van der Waals surface area (Å²) in [5.74, 6) is -0.351. The molecule has 5 heteroatoms. The Morgan fingerprint density at radius 3 is 3.00 bits per heavy atom. The van der Waals surface area contributed by atoms with Crippen molar-refractivity contribution in [3.63, 3.8) is 0 Å². The Morgan fingerprint density at radius 1 is 1.71 bits per heavy atom. The zero-order valence-electron chi connectivity index (χ0n) is 8.53. The van der Waals surface area contributed by atoms with Gasteiger partial charge in [-0.05, 0) is 6.92 Å². The minimum absolute atomic E-state index is 0.351. The highest BCUT2D eigenvalue weighted by Gasteiger charge is 2.10. The summed E-state index contributed by atoms with van der Waals surface area (Å²) < 4.78 is 4.83. The number of nitrogens with zero attached hydrogens (tertiary/aromatic N) is 1. The highest BCUT2D eigenvalue weighted by Crippen LogP contribution is 2.19. The number of rotatable bonds is 4. The molecule has 0 fully saturated rings. The first kappa shape index (κ1) is 11.1. The van der Waals surface area contributed by atoms with Crippen molar-refractivity contribution in [1.82, 2.24) is 9.97 Å². The minimum atomic E-state index is -0.351. The van der Waals surface area contributed by atoms with Crippen molar-refractivity contribution in [2.24, 2.45) is 0 Å². The molecule has 0 amide bonds. The smallest absolute Gasteiger partial charge is 0.356 e. The molecule has 14 heavy (non-hydrogen) atoms. The number of hydrogen-bond donors (Lipinski definition) is 1. The van der Waals surface area contributed by atoms with E-state index >= 15 is 0 Å². The molecule has 1 aromatic rings. The standard InChI is InChI=1S/C9H14N2O2S/c1-4-13-8(12)7-5-10-9(11-7)14-6(2)3/h5-6H,4H2,1-3H3,(H,10,11). The Kier molecular flexibility index (Phi) is 4.00. The second-order valence-corrected chi connectivity index (χ2v) is 4.55. The average Bonchev–Trinajstić information content (AvgIpc) is 2.52. The Hall–Kier alpha value is -0.970. The van der Waals surface area contributed by atoms with E-state index in [1.54, 1.807) is 18.7 Å². The monoisotopic (exact) mass is 214 g/mol. The molecule has 0 radical (unpaired) electrons. The van der Waals surface area contributed by atoms with Crippen molar-refractivity contribution in [3.05, 3.63) is 11.9 Å². The third kappa shape index (κ3) is 3.06. The Morgan fingerprint density at radius 2 is 2.43 bits per heavy atom. The molecule has 1 aromatic heterocycles. The second kappa shape index (κ2) is 5.05. The van der Waals surface area contributed by atoms with E-state index in [2.05, 4.69) is 23.8 Å². The number of imidazole rings is 1. The van der Waals surface area contributed by atoms with E-state index in [-0.39, 0.29) is 5.97 Å². The molecule has 0 aromatic carbocycles. The average molecular weight is 214 g/mol. The van der Waals surface area contributed by atoms with Gasteiger partial charge in [0.2, 0.25) is 0 Å². The van der Waals surface area contributed by atoms with Crippen molar-refractivity contribution >= 4 is 17.7 Å². The lowest BCUT2D eigenvalue weighted by Crippen LogP contribution is -2.04. The summed E-state index contributed by atoms with van der Waals surface area (Å²) in [6.45, 7) is 6.29. The summed E-state index contributed by atoms with van der Waals surface area (Å²) in [7, 11) is 0. The molecule has 0 aliphatic rings. The van der Waals surface area contributed by atoms with Crippen molar-refractivity contribution in [2.45, 2.75) is 31.2 Å². The highest BCUT2D eigenvalue weighted by molar-refractivity contribution is 7.99. The molecule has 0 aliphatic heterocycles. The molecule has 1 rings (SSSR count). The fraction of sp³-hybridized carbons (Fsp3) is 0.556. The Bertz CT molecular complexity index is 310. The number of esters is 1. The molecule has 0 saturated heterocycles. The van der Waals surface area contributed by atoms with Crippen LogP contribution in [0.25, 0.3) is 0 Å². The van der Waals surface area contributed by atoms with Crippen molar-refractivity contribution < 1.29 is 9.53 Å². The minimum Gasteiger partial charge on any atom is -0.461 e. The lowest BCUT2D eigenvalue weighted by Gasteiger charge is -1.99. The van der Waals surface area contributed by atoms with Crippen LogP contribution in [0.5, 0.6) is 0 Å². The largest absolute Gasteiger partial charge is 0.461 e. The predicted octanol–water partition coefficient (Wildman–Crippen LogP) is 2.09. The zero-order chi connectivity index (χ0) is 10.6. The highest BCUT2D eigenvalue weighted by atomic mass is 32.2.